The molecule has 4 nitrogen and oxygen atoms in total. The Labute approximate surface area is 185 Å². The normalized spacial score (nSPS) is 11.9. The number of rotatable bonds is 11. The van der Waals surface area contributed by atoms with Crippen LogP contribution in [0.2, 0.25) is 5.02 Å². The van der Waals surface area contributed by atoms with Gasteiger partial charge in [0.1, 0.15) is 6.04 Å². The third-order valence-corrected chi connectivity index (χ3v) is 5.33. The number of carbonyl (C=O) groups is 2. The van der Waals surface area contributed by atoms with Gasteiger partial charge in [-0.1, -0.05) is 87.7 Å². The van der Waals surface area contributed by atoms with E-state index in [1.54, 1.807) is 4.90 Å². The maximum Gasteiger partial charge on any atom is 0.243 e. The fourth-order valence-corrected chi connectivity index (χ4v) is 3.47. The van der Waals surface area contributed by atoms with Gasteiger partial charge in [-0.2, -0.15) is 0 Å². The molecule has 0 fully saturated rings. The van der Waals surface area contributed by atoms with E-state index in [1.165, 1.54) is 0 Å². The van der Waals surface area contributed by atoms with Crippen molar-refractivity contribution in [2.24, 2.45) is 5.92 Å². The molecule has 162 valence electrons. The first-order chi connectivity index (χ1) is 14.4. The van der Waals surface area contributed by atoms with Gasteiger partial charge in [-0.25, -0.2) is 0 Å². The lowest BCUT2D eigenvalue weighted by atomic mass is 10.0. The summed E-state index contributed by atoms with van der Waals surface area (Å²) in [6.45, 7) is 6.87. The number of hydrogen-bond donors (Lipinski definition) is 1. The van der Waals surface area contributed by atoms with Gasteiger partial charge in [0, 0.05) is 30.5 Å². The average molecular weight is 429 g/mol. The summed E-state index contributed by atoms with van der Waals surface area (Å²) in [5.41, 5.74) is 1.98. The minimum atomic E-state index is -0.570. The van der Waals surface area contributed by atoms with Crippen LogP contribution < -0.4 is 5.32 Å². The summed E-state index contributed by atoms with van der Waals surface area (Å²) in [6, 6.07) is 16.7. The second-order valence-corrected chi connectivity index (χ2v) is 8.39. The van der Waals surface area contributed by atoms with Crippen LogP contribution >= 0.6 is 11.6 Å². The molecule has 30 heavy (non-hydrogen) atoms. The molecule has 0 radical (unpaired) electrons. The first-order valence-corrected chi connectivity index (χ1v) is 11.2. The van der Waals surface area contributed by atoms with Gasteiger partial charge < -0.3 is 10.2 Å². The highest BCUT2D eigenvalue weighted by molar-refractivity contribution is 6.30. The fourth-order valence-electron chi connectivity index (χ4n) is 3.35. The number of halogens is 1. The highest BCUT2D eigenvalue weighted by atomic mass is 35.5. The summed E-state index contributed by atoms with van der Waals surface area (Å²) in [7, 11) is 0. The maximum absolute atomic E-state index is 13.2. The van der Waals surface area contributed by atoms with Gasteiger partial charge in [0.15, 0.2) is 0 Å². The molecule has 1 N–H and O–H groups in total. The van der Waals surface area contributed by atoms with E-state index in [4.69, 9.17) is 11.6 Å². The van der Waals surface area contributed by atoms with Crippen LogP contribution in [0.1, 0.15) is 51.2 Å². The van der Waals surface area contributed by atoms with E-state index in [-0.39, 0.29) is 17.7 Å². The Kier molecular flexibility index (Phi) is 9.88. The van der Waals surface area contributed by atoms with Crippen molar-refractivity contribution in [3.63, 3.8) is 0 Å². The molecular formula is C25H33ClN2O2. The number of carbonyl (C=O) groups excluding carboxylic acids is 2. The van der Waals surface area contributed by atoms with Crippen molar-refractivity contribution in [2.45, 2.75) is 59.0 Å². The topological polar surface area (TPSA) is 49.4 Å². The zero-order valence-corrected chi connectivity index (χ0v) is 19.0. The molecule has 0 unspecified atom stereocenters. The number of nitrogens with zero attached hydrogens (tertiary/aromatic N) is 1. The van der Waals surface area contributed by atoms with E-state index >= 15 is 0 Å². The maximum atomic E-state index is 13.2. The SMILES string of the molecule is CCCCCNC(=O)[C@@H](Cc1ccccc1)N(Cc1ccc(Cl)cc1)C(=O)C(C)C. The van der Waals surface area contributed by atoms with Crippen LogP contribution in [0.25, 0.3) is 0 Å². The lowest BCUT2D eigenvalue weighted by Crippen LogP contribution is -2.51. The van der Waals surface area contributed by atoms with Crippen molar-refractivity contribution < 1.29 is 9.59 Å². The largest absolute Gasteiger partial charge is 0.354 e. The molecule has 0 bridgehead atoms. The molecule has 0 aliphatic rings. The van der Waals surface area contributed by atoms with Crippen molar-refractivity contribution in [3.8, 4) is 0 Å². The van der Waals surface area contributed by atoms with Crippen molar-refractivity contribution in [1.29, 1.82) is 0 Å². The third kappa shape index (κ3) is 7.49. The molecule has 0 saturated heterocycles. The van der Waals surface area contributed by atoms with E-state index in [0.29, 0.717) is 24.5 Å². The first-order valence-electron chi connectivity index (χ1n) is 10.8. The zero-order chi connectivity index (χ0) is 21.9. The van der Waals surface area contributed by atoms with Gasteiger partial charge in [-0.3, -0.25) is 9.59 Å². The molecule has 1 atom stereocenters. The molecule has 0 saturated carbocycles. The van der Waals surface area contributed by atoms with Crippen LogP contribution in [0.3, 0.4) is 0 Å². The number of nitrogens with one attached hydrogen (secondary N) is 1. The number of unbranched alkanes of at least 4 members (excludes halogenated alkanes) is 2. The summed E-state index contributed by atoms with van der Waals surface area (Å²) >= 11 is 6.02. The summed E-state index contributed by atoms with van der Waals surface area (Å²) < 4.78 is 0. The molecule has 2 rings (SSSR count). The molecular weight excluding hydrogens is 396 g/mol. The molecule has 0 heterocycles. The average Bonchev–Trinajstić information content (AvgIpc) is 2.75. The predicted octanol–water partition coefficient (Wildman–Crippen LogP) is 5.24. The minimum absolute atomic E-state index is 0.0328. The van der Waals surface area contributed by atoms with Gasteiger partial charge in [0.05, 0.1) is 0 Å². The number of amides is 2. The molecule has 0 aliphatic heterocycles. The van der Waals surface area contributed by atoms with Crippen LogP contribution in [0.5, 0.6) is 0 Å². The van der Waals surface area contributed by atoms with Crippen LogP contribution in [-0.2, 0) is 22.6 Å². The minimum Gasteiger partial charge on any atom is -0.354 e. The van der Waals surface area contributed by atoms with Crippen LogP contribution in [0.4, 0.5) is 0 Å². The van der Waals surface area contributed by atoms with Crippen LogP contribution in [-0.4, -0.2) is 29.3 Å². The molecule has 0 aromatic heterocycles. The van der Waals surface area contributed by atoms with Gasteiger partial charge >= 0.3 is 0 Å². The number of hydrogen-bond acceptors (Lipinski definition) is 2. The van der Waals surface area contributed by atoms with E-state index in [2.05, 4.69) is 12.2 Å². The lowest BCUT2D eigenvalue weighted by Gasteiger charge is -2.33. The van der Waals surface area contributed by atoms with Crippen molar-refractivity contribution in [3.05, 3.63) is 70.7 Å². The van der Waals surface area contributed by atoms with Crippen molar-refractivity contribution in [1.82, 2.24) is 10.2 Å². The fraction of sp³-hybridized carbons (Fsp3) is 0.440. The second-order valence-electron chi connectivity index (χ2n) is 7.95. The van der Waals surface area contributed by atoms with E-state index in [0.717, 1.165) is 30.4 Å². The Morgan fingerprint density at radius 1 is 0.967 bits per heavy atom. The molecule has 2 aromatic carbocycles. The smallest absolute Gasteiger partial charge is 0.243 e. The molecule has 0 aliphatic carbocycles. The van der Waals surface area contributed by atoms with Gasteiger partial charge in [-0.15, -0.1) is 0 Å². The monoisotopic (exact) mass is 428 g/mol. The van der Waals surface area contributed by atoms with Crippen LogP contribution in [0, 0.1) is 5.92 Å². The lowest BCUT2D eigenvalue weighted by molar-refractivity contribution is -0.143. The van der Waals surface area contributed by atoms with Gasteiger partial charge in [-0.05, 0) is 29.7 Å². The summed E-state index contributed by atoms with van der Waals surface area (Å²) in [4.78, 5) is 28.1. The molecule has 2 aromatic rings. The van der Waals surface area contributed by atoms with Gasteiger partial charge in [0.2, 0.25) is 11.8 Å². The third-order valence-electron chi connectivity index (χ3n) is 5.07. The van der Waals surface area contributed by atoms with E-state index in [1.807, 2.05) is 68.4 Å². The van der Waals surface area contributed by atoms with Crippen molar-refractivity contribution >= 4 is 23.4 Å². The molecule has 2 amide bonds. The van der Waals surface area contributed by atoms with Gasteiger partial charge in [0.25, 0.3) is 0 Å². The Hall–Kier alpha value is -2.33. The highest BCUT2D eigenvalue weighted by Gasteiger charge is 2.31. The quantitative estimate of drug-likeness (QED) is 0.497. The Morgan fingerprint density at radius 2 is 1.63 bits per heavy atom. The van der Waals surface area contributed by atoms with E-state index in [9.17, 15) is 9.59 Å². The highest BCUT2D eigenvalue weighted by Crippen LogP contribution is 2.18. The molecule has 5 heteroatoms. The standard InChI is InChI=1S/C25H33ClN2O2/c1-4-5-9-16-27-24(29)23(17-20-10-7-6-8-11-20)28(25(30)19(2)3)18-21-12-14-22(26)15-13-21/h6-8,10-15,19,23H,4-5,9,16-18H2,1-3H3,(H,27,29)/t23-/m1/s1. The Bertz CT molecular complexity index is 791. The van der Waals surface area contributed by atoms with Crippen molar-refractivity contribution in [2.75, 3.05) is 6.54 Å². The first kappa shape index (κ1) is 23.9. The van der Waals surface area contributed by atoms with E-state index < -0.39 is 6.04 Å². The summed E-state index contributed by atoms with van der Waals surface area (Å²) in [5.74, 6) is -0.337. The zero-order valence-electron chi connectivity index (χ0n) is 18.2. The summed E-state index contributed by atoms with van der Waals surface area (Å²) in [5, 5.41) is 3.70. The Morgan fingerprint density at radius 3 is 2.23 bits per heavy atom. The Balaban J connectivity index is 2.30. The number of benzene rings is 2. The van der Waals surface area contributed by atoms with Crippen LogP contribution in [0.15, 0.2) is 54.6 Å². The molecule has 0 spiro atoms. The summed E-state index contributed by atoms with van der Waals surface area (Å²) in [6.07, 6.45) is 3.59. The second kappa shape index (κ2) is 12.4. The predicted molar refractivity (Wildman–Crippen MR) is 123 cm³/mol.